The second kappa shape index (κ2) is 9.67. The maximum Gasteiger partial charge on any atom is 0.330 e. The summed E-state index contributed by atoms with van der Waals surface area (Å²) in [5.74, 6) is 0.388. The number of pyridine rings is 1. The third-order valence-corrected chi connectivity index (χ3v) is 8.28. The minimum absolute atomic E-state index is 0.000754. The maximum absolute atomic E-state index is 13.2. The molecule has 2 fully saturated rings. The smallest absolute Gasteiger partial charge is 0.330 e. The number of hydrogen-bond donors (Lipinski definition) is 1. The summed E-state index contributed by atoms with van der Waals surface area (Å²) in [7, 11) is 1.80. The topological polar surface area (TPSA) is 89.2 Å². The summed E-state index contributed by atoms with van der Waals surface area (Å²) in [5.41, 5.74) is 2.55. The van der Waals surface area contributed by atoms with Gasteiger partial charge in [-0.1, -0.05) is 34.6 Å². The van der Waals surface area contributed by atoms with Gasteiger partial charge in [0.25, 0.3) is 0 Å². The number of fused-ring (bicyclic) bond motifs is 1. The van der Waals surface area contributed by atoms with E-state index >= 15 is 0 Å². The van der Waals surface area contributed by atoms with E-state index in [1.54, 1.807) is 18.5 Å². The Bertz CT molecular complexity index is 1190. The molecule has 1 N–H and O–H groups in total. The molecule has 0 radical (unpaired) electrons. The lowest BCUT2D eigenvalue weighted by Crippen LogP contribution is -2.51. The number of piperidine rings is 1. The van der Waals surface area contributed by atoms with Crippen LogP contribution in [0.4, 0.5) is 0 Å². The van der Waals surface area contributed by atoms with E-state index in [1.807, 2.05) is 15.5 Å². The lowest BCUT2D eigenvalue weighted by Gasteiger charge is -2.43. The average Bonchev–Trinajstić information content (AvgIpc) is 3.03. The van der Waals surface area contributed by atoms with Crippen LogP contribution in [0.15, 0.2) is 16.9 Å². The van der Waals surface area contributed by atoms with Gasteiger partial charge in [-0.05, 0) is 55.1 Å². The van der Waals surface area contributed by atoms with E-state index in [1.165, 1.54) is 0 Å². The number of imidazole rings is 1. The van der Waals surface area contributed by atoms with Crippen molar-refractivity contribution in [1.82, 2.24) is 24.3 Å². The SMILES string of the molecule is CC(=O)N1CCC(C(=O)NC2CC(c3ccc4c(n3)n(C)c(=O)n4CC(C)(C)C)CCC2(C)C)CC1. The molecule has 1 aliphatic heterocycles. The minimum Gasteiger partial charge on any atom is -0.353 e. The van der Waals surface area contributed by atoms with Crippen LogP contribution in [0.5, 0.6) is 0 Å². The highest BCUT2D eigenvalue weighted by Crippen LogP contribution is 2.42. The van der Waals surface area contributed by atoms with Crippen molar-refractivity contribution in [3.05, 3.63) is 28.3 Å². The Balaban J connectivity index is 1.51. The lowest BCUT2D eigenvalue weighted by atomic mass is 9.68. The van der Waals surface area contributed by atoms with Gasteiger partial charge in [0.15, 0.2) is 5.65 Å². The van der Waals surface area contributed by atoms with Crippen molar-refractivity contribution in [3.63, 3.8) is 0 Å². The molecule has 8 nitrogen and oxygen atoms in total. The number of hydrogen-bond acceptors (Lipinski definition) is 4. The van der Waals surface area contributed by atoms with Gasteiger partial charge in [-0.15, -0.1) is 0 Å². The molecule has 198 valence electrons. The van der Waals surface area contributed by atoms with Crippen LogP contribution in [0.25, 0.3) is 11.2 Å². The summed E-state index contributed by atoms with van der Waals surface area (Å²) in [6, 6.07) is 4.17. The van der Waals surface area contributed by atoms with E-state index in [4.69, 9.17) is 4.98 Å². The molecule has 1 aliphatic carbocycles. The number of likely N-dealkylation sites (tertiary alicyclic amines) is 1. The number of aromatic nitrogens is 3. The summed E-state index contributed by atoms with van der Waals surface area (Å²) in [6.07, 6.45) is 4.28. The van der Waals surface area contributed by atoms with Crippen LogP contribution in [0.2, 0.25) is 0 Å². The molecular formula is C28H43N5O3. The molecule has 2 unspecified atom stereocenters. The molecule has 8 heteroatoms. The zero-order valence-electron chi connectivity index (χ0n) is 23.1. The van der Waals surface area contributed by atoms with Crippen LogP contribution in [0, 0.1) is 16.7 Å². The first kappa shape index (κ1) is 26.4. The van der Waals surface area contributed by atoms with Crippen molar-refractivity contribution in [2.75, 3.05) is 13.1 Å². The number of nitrogens with zero attached hydrogens (tertiary/aromatic N) is 4. The van der Waals surface area contributed by atoms with Crippen molar-refractivity contribution in [3.8, 4) is 0 Å². The molecule has 0 spiro atoms. The first-order valence-corrected chi connectivity index (χ1v) is 13.4. The van der Waals surface area contributed by atoms with Gasteiger partial charge in [-0.2, -0.15) is 0 Å². The fraction of sp³-hybridized carbons (Fsp3) is 0.714. The highest BCUT2D eigenvalue weighted by molar-refractivity contribution is 5.80. The van der Waals surface area contributed by atoms with Crippen molar-refractivity contribution in [2.24, 2.45) is 23.8 Å². The van der Waals surface area contributed by atoms with Gasteiger partial charge >= 0.3 is 5.69 Å². The van der Waals surface area contributed by atoms with Gasteiger partial charge < -0.3 is 10.2 Å². The summed E-state index contributed by atoms with van der Waals surface area (Å²) in [6.45, 7) is 14.4. The molecule has 2 aromatic rings. The van der Waals surface area contributed by atoms with Crippen LogP contribution >= 0.6 is 0 Å². The summed E-state index contributed by atoms with van der Waals surface area (Å²) in [4.78, 5) is 44.5. The molecule has 2 aliphatic rings. The summed E-state index contributed by atoms with van der Waals surface area (Å²) >= 11 is 0. The van der Waals surface area contributed by atoms with Crippen molar-refractivity contribution in [1.29, 1.82) is 0 Å². The second-order valence-electron chi connectivity index (χ2n) is 12.9. The Labute approximate surface area is 214 Å². The standard InChI is InChI=1S/C28H43N5O3/c1-18(34)32-14-11-19(12-15-32)25(35)30-23-16-20(10-13-28(23,5)6)21-8-9-22-24(29-21)31(7)26(36)33(22)17-27(2,3)4/h8-9,19-20,23H,10-17H2,1-7H3,(H,30,35). The first-order chi connectivity index (χ1) is 16.8. The van der Waals surface area contributed by atoms with Gasteiger partial charge in [0.1, 0.15) is 0 Å². The average molecular weight is 498 g/mol. The molecule has 3 heterocycles. The Hall–Kier alpha value is -2.64. The monoisotopic (exact) mass is 497 g/mol. The Kier molecular flexibility index (Phi) is 7.10. The normalized spacial score (nSPS) is 23.1. The predicted octanol–water partition coefficient (Wildman–Crippen LogP) is 3.82. The molecule has 0 aromatic carbocycles. The Morgan fingerprint density at radius 3 is 2.42 bits per heavy atom. The van der Waals surface area contributed by atoms with Gasteiger partial charge in [0.2, 0.25) is 11.8 Å². The van der Waals surface area contributed by atoms with E-state index in [-0.39, 0.29) is 46.2 Å². The molecule has 2 amide bonds. The molecule has 2 aromatic heterocycles. The van der Waals surface area contributed by atoms with E-state index < -0.39 is 0 Å². The van der Waals surface area contributed by atoms with Crippen LogP contribution in [0.3, 0.4) is 0 Å². The number of nitrogens with one attached hydrogen (secondary N) is 1. The molecule has 1 saturated carbocycles. The molecule has 4 rings (SSSR count). The second-order valence-corrected chi connectivity index (χ2v) is 12.9. The van der Waals surface area contributed by atoms with Gasteiger partial charge in [0.05, 0.1) is 5.52 Å². The van der Waals surface area contributed by atoms with E-state index in [9.17, 15) is 14.4 Å². The zero-order valence-corrected chi connectivity index (χ0v) is 23.1. The molecule has 0 bridgehead atoms. The van der Waals surface area contributed by atoms with Crippen LogP contribution < -0.4 is 11.0 Å². The Morgan fingerprint density at radius 1 is 1.14 bits per heavy atom. The van der Waals surface area contributed by atoms with Gasteiger partial charge in [-0.3, -0.25) is 18.7 Å². The maximum atomic E-state index is 13.2. The minimum atomic E-state index is -0.0386. The van der Waals surface area contributed by atoms with E-state index in [2.05, 4.69) is 46.0 Å². The number of carbonyl (C=O) groups excluding carboxylic acids is 2. The van der Waals surface area contributed by atoms with Crippen LogP contribution in [-0.2, 0) is 23.2 Å². The number of amides is 2. The van der Waals surface area contributed by atoms with Crippen molar-refractivity contribution < 1.29 is 9.59 Å². The molecular weight excluding hydrogens is 454 g/mol. The highest BCUT2D eigenvalue weighted by atomic mass is 16.2. The summed E-state index contributed by atoms with van der Waals surface area (Å²) < 4.78 is 3.49. The first-order valence-electron chi connectivity index (χ1n) is 13.4. The Morgan fingerprint density at radius 2 is 1.81 bits per heavy atom. The van der Waals surface area contributed by atoms with Gasteiger partial charge in [-0.25, -0.2) is 9.78 Å². The quantitative estimate of drug-likeness (QED) is 0.696. The van der Waals surface area contributed by atoms with E-state index in [0.717, 1.165) is 49.0 Å². The lowest BCUT2D eigenvalue weighted by molar-refractivity contribution is -0.134. The zero-order chi connectivity index (χ0) is 26.4. The fourth-order valence-corrected chi connectivity index (χ4v) is 5.85. The molecule has 1 saturated heterocycles. The number of aryl methyl sites for hydroxylation is 1. The number of rotatable bonds is 4. The van der Waals surface area contributed by atoms with Crippen molar-refractivity contribution in [2.45, 2.75) is 92.2 Å². The molecule has 2 atom stereocenters. The predicted molar refractivity (Wildman–Crippen MR) is 142 cm³/mol. The molecule has 36 heavy (non-hydrogen) atoms. The third-order valence-electron chi connectivity index (χ3n) is 8.28. The highest BCUT2D eigenvalue weighted by Gasteiger charge is 2.39. The van der Waals surface area contributed by atoms with Crippen LogP contribution in [-0.4, -0.2) is 50.0 Å². The van der Waals surface area contributed by atoms with E-state index in [0.29, 0.717) is 19.6 Å². The van der Waals surface area contributed by atoms with Crippen molar-refractivity contribution >= 4 is 23.0 Å². The van der Waals surface area contributed by atoms with Gasteiger partial charge in [0, 0.05) is 57.2 Å². The van der Waals surface area contributed by atoms with Crippen LogP contribution in [0.1, 0.15) is 85.3 Å². The summed E-state index contributed by atoms with van der Waals surface area (Å²) in [5, 5.41) is 3.38. The number of carbonyl (C=O) groups is 2. The largest absolute Gasteiger partial charge is 0.353 e. The fourth-order valence-electron chi connectivity index (χ4n) is 5.85. The third kappa shape index (κ3) is 5.37.